The van der Waals surface area contributed by atoms with Crippen molar-refractivity contribution in [3.8, 4) is 0 Å². The summed E-state index contributed by atoms with van der Waals surface area (Å²) in [6.07, 6.45) is 1.06. The molecule has 2 heterocycles. The van der Waals surface area contributed by atoms with Crippen molar-refractivity contribution in [1.82, 2.24) is 19.9 Å². The predicted molar refractivity (Wildman–Crippen MR) is 89.5 cm³/mol. The molecule has 8 heteroatoms. The van der Waals surface area contributed by atoms with Crippen LogP contribution in [0.1, 0.15) is 26.3 Å². The van der Waals surface area contributed by atoms with E-state index >= 15 is 0 Å². The van der Waals surface area contributed by atoms with Gasteiger partial charge in [0.2, 0.25) is 0 Å². The van der Waals surface area contributed by atoms with Crippen molar-refractivity contribution >= 4 is 34.3 Å². The number of nitrogens with one attached hydrogen (secondary N) is 1. The van der Waals surface area contributed by atoms with Gasteiger partial charge in [0.25, 0.3) is 5.91 Å². The Balaban J connectivity index is 2.21. The zero-order valence-corrected chi connectivity index (χ0v) is 14.2. The van der Waals surface area contributed by atoms with Crippen LogP contribution in [0.15, 0.2) is 18.3 Å². The number of rotatable bonds is 1. The van der Waals surface area contributed by atoms with Crippen LogP contribution in [0, 0.1) is 0 Å². The summed E-state index contributed by atoms with van der Waals surface area (Å²) in [5, 5.41) is 10.7. The molecule has 0 spiro atoms. The first-order valence-corrected chi connectivity index (χ1v) is 7.49. The summed E-state index contributed by atoms with van der Waals surface area (Å²) in [6, 6.07) is 3.46. The molecule has 2 aromatic rings. The molecule has 1 aliphatic heterocycles. The van der Waals surface area contributed by atoms with Gasteiger partial charge in [0.05, 0.1) is 11.3 Å². The van der Waals surface area contributed by atoms with E-state index in [0.29, 0.717) is 27.9 Å². The van der Waals surface area contributed by atoms with E-state index in [-0.39, 0.29) is 5.91 Å². The van der Waals surface area contributed by atoms with Gasteiger partial charge in [-0.2, -0.15) is 0 Å². The minimum Gasteiger partial charge on any atom is -0.442 e. The normalized spacial score (nSPS) is 15.5. The van der Waals surface area contributed by atoms with Crippen LogP contribution in [0.25, 0.3) is 16.6 Å². The average molecular weight is 329 g/mol. The van der Waals surface area contributed by atoms with E-state index in [9.17, 15) is 9.59 Å². The lowest BCUT2D eigenvalue weighted by Crippen LogP contribution is -2.28. The largest absolute Gasteiger partial charge is 0.442 e. The zero-order chi connectivity index (χ0) is 17.6. The molecule has 0 unspecified atom stereocenters. The molecule has 3 rings (SSSR count). The first kappa shape index (κ1) is 16.0. The highest BCUT2D eigenvalue weighted by atomic mass is 16.6. The van der Waals surface area contributed by atoms with E-state index in [1.165, 1.54) is 0 Å². The number of hydrogen-bond donors (Lipinski definition) is 1. The maximum atomic E-state index is 12.4. The fraction of sp³-hybridized carbons (Fsp3) is 0.375. The number of anilines is 1. The topological polar surface area (TPSA) is 89.4 Å². The third-order valence-corrected chi connectivity index (χ3v) is 3.33. The maximum Gasteiger partial charge on any atom is 0.437 e. The summed E-state index contributed by atoms with van der Waals surface area (Å²) in [7, 11) is 3.64. The fourth-order valence-electron chi connectivity index (χ4n) is 2.51. The Hall–Kier alpha value is -2.90. The molecule has 0 bridgehead atoms. The van der Waals surface area contributed by atoms with Crippen LogP contribution >= 0.6 is 0 Å². The zero-order valence-electron chi connectivity index (χ0n) is 14.2. The molecule has 0 saturated heterocycles. The van der Waals surface area contributed by atoms with Crippen molar-refractivity contribution in [2.45, 2.75) is 26.4 Å². The monoisotopic (exact) mass is 329 g/mol. The molecule has 0 atom stereocenters. The first-order chi connectivity index (χ1) is 11.2. The van der Waals surface area contributed by atoms with Gasteiger partial charge >= 0.3 is 6.09 Å². The van der Waals surface area contributed by atoms with Gasteiger partial charge in [0.1, 0.15) is 16.6 Å². The lowest BCUT2D eigenvalue weighted by Gasteiger charge is -2.19. The number of hydrogen-bond acceptors (Lipinski definition) is 6. The van der Waals surface area contributed by atoms with Gasteiger partial charge < -0.3 is 15.0 Å². The second-order valence-electron chi connectivity index (χ2n) is 6.80. The third-order valence-electron chi connectivity index (χ3n) is 3.33. The first-order valence-electron chi connectivity index (χ1n) is 7.49. The molecular weight excluding hydrogens is 310 g/mol. The molecule has 1 amide bonds. The highest BCUT2D eigenvalue weighted by Crippen LogP contribution is 2.37. The number of nitrogens with zero attached hydrogens (tertiary/aromatic N) is 4. The minimum absolute atomic E-state index is 0.233. The van der Waals surface area contributed by atoms with Crippen molar-refractivity contribution in [1.29, 1.82) is 0 Å². The van der Waals surface area contributed by atoms with Crippen molar-refractivity contribution < 1.29 is 14.3 Å². The molecule has 126 valence electrons. The lowest BCUT2D eigenvalue weighted by atomic mass is 10.1. The Morgan fingerprint density at radius 3 is 2.67 bits per heavy atom. The van der Waals surface area contributed by atoms with E-state index in [0.717, 1.165) is 4.68 Å². The number of carbonyl (C=O) groups is 2. The summed E-state index contributed by atoms with van der Waals surface area (Å²) in [5.74, 6) is -0.233. The molecule has 0 radical (unpaired) electrons. The highest BCUT2D eigenvalue weighted by Gasteiger charge is 2.31. The van der Waals surface area contributed by atoms with E-state index in [1.807, 2.05) is 14.1 Å². The van der Waals surface area contributed by atoms with Crippen molar-refractivity contribution in [2.75, 3.05) is 19.4 Å². The number of benzene rings is 1. The summed E-state index contributed by atoms with van der Waals surface area (Å²) in [5.41, 5.74) is 1.97. The molecule has 1 aliphatic rings. The van der Waals surface area contributed by atoms with E-state index < -0.39 is 11.7 Å². The molecule has 8 nitrogen and oxygen atoms in total. The average Bonchev–Trinajstić information content (AvgIpc) is 2.98. The SMILES string of the molecule is CN(C)/C=C1\C(=O)Nc2ccc3nnn(C(=O)OC(C)(C)C)c3c21. The summed E-state index contributed by atoms with van der Waals surface area (Å²) < 4.78 is 6.48. The van der Waals surface area contributed by atoms with Crippen LogP contribution in [0.2, 0.25) is 0 Å². The Kier molecular flexibility index (Phi) is 3.55. The number of aromatic nitrogens is 3. The third kappa shape index (κ3) is 2.70. The Morgan fingerprint density at radius 1 is 1.33 bits per heavy atom. The molecule has 1 aromatic carbocycles. The van der Waals surface area contributed by atoms with Gasteiger partial charge in [0.15, 0.2) is 0 Å². The minimum atomic E-state index is -0.663. The summed E-state index contributed by atoms with van der Waals surface area (Å²) in [6.45, 7) is 5.32. The second-order valence-corrected chi connectivity index (χ2v) is 6.80. The van der Waals surface area contributed by atoms with E-state index in [2.05, 4.69) is 15.6 Å². The van der Waals surface area contributed by atoms with Gasteiger partial charge in [-0.25, -0.2) is 4.79 Å². The molecule has 24 heavy (non-hydrogen) atoms. The fourth-order valence-corrected chi connectivity index (χ4v) is 2.51. The van der Waals surface area contributed by atoms with Crippen LogP contribution in [-0.2, 0) is 9.53 Å². The predicted octanol–water partition coefficient (Wildman–Crippen LogP) is 2.07. The van der Waals surface area contributed by atoms with Crippen LogP contribution < -0.4 is 5.32 Å². The van der Waals surface area contributed by atoms with Gasteiger partial charge in [0, 0.05) is 25.9 Å². The van der Waals surface area contributed by atoms with E-state index in [4.69, 9.17) is 4.74 Å². The molecule has 0 fully saturated rings. The molecule has 0 saturated carbocycles. The Morgan fingerprint density at radius 2 is 2.04 bits per heavy atom. The van der Waals surface area contributed by atoms with Gasteiger partial charge in [-0.1, -0.05) is 5.21 Å². The standard InChI is InChI=1S/C16H19N5O3/c1-16(2,3)24-15(23)21-13-11(18-19-21)7-6-10-12(13)9(8-20(4)5)14(22)17-10/h6-8H,1-5H3,(H,17,22)/b9-8-. The van der Waals surface area contributed by atoms with Crippen LogP contribution in [0.4, 0.5) is 10.5 Å². The molecular formula is C16H19N5O3. The smallest absolute Gasteiger partial charge is 0.437 e. The molecule has 0 aliphatic carbocycles. The Bertz CT molecular complexity index is 874. The van der Waals surface area contributed by atoms with Gasteiger partial charge in [-0.3, -0.25) is 4.79 Å². The van der Waals surface area contributed by atoms with Crippen LogP contribution in [0.3, 0.4) is 0 Å². The van der Waals surface area contributed by atoms with Crippen molar-refractivity contribution in [3.05, 3.63) is 23.9 Å². The number of fused-ring (bicyclic) bond motifs is 3. The van der Waals surface area contributed by atoms with Gasteiger partial charge in [-0.05, 0) is 32.9 Å². The number of carbonyl (C=O) groups excluding carboxylic acids is 2. The Labute approximate surface area is 139 Å². The lowest BCUT2D eigenvalue weighted by molar-refractivity contribution is -0.110. The highest BCUT2D eigenvalue weighted by molar-refractivity contribution is 6.34. The van der Waals surface area contributed by atoms with Crippen molar-refractivity contribution in [2.24, 2.45) is 0 Å². The second kappa shape index (κ2) is 5.33. The van der Waals surface area contributed by atoms with Crippen molar-refractivity contribution in [3.63, 3.8) is 0 Å². The molecule has 1 N–H and O–H groups in total. The summed E-state index contributed by atoms with van der Waals surface area (Å²) >= 11 is 0. The summed E-state index contributed by atoms with van der Waals surface area (Å²) in [4.78, 5) is 26.5. The number of ether oxygens (including phenoxy) is 1. The molecule has 1 aromatic heterocycles. The van der Waals surface area contributed by atoms with Crippen LogP contribution in [0.5, 0.6) is 0 Å². The number of amides is 1. The quantitative estimate of drug-likeness (QED) is 0.806. The van der Waals surface area contributed by atoms with E-state index in [1.54, 1.807) is 44.0 Å². The maximum absolute atomic E-state index is 12.4. The van der Waals surface area contributed by atoms with Gasteiger partial charge in [-0.15, -0.1) is 9.78 Å². The van der Waals surface area contributed by atoms with Crippen LogP contribution in [-0.4, -0.2) is 51.6 Å².